The highest BCUT2D eigenvalue weighted by molar-refractivity contribution is 9.09. The maximum absolute atomic E-state index is 3.93. The summed E-state index contributed by atoms with van der Waals surface area (Å²) in [5, 5.41) is 0. The van der Waals surface area contributed by atoms with Gasteiger partial charge in [-0.25, -0.2) is 0 Å². The van der Waals surface area contributed by atoms with Gasteiger partial charge in [0.25, 0.3) is 0 Å². The number of benzene rings is 1. The summed E-state index contributed by atoms with van der Waals surface area (Å²) in [7, 11) is 0. The number of rotatable bonds is 3. The number of hydrogen-bond acceptors (Lipinski definition) is 0. The van der Waals surface area contributed by atoms with E-state index in [0.29, 0.717) is 10.7 Å². The normalized spacial score (nSPS) is 32.6. The summed E-state index contributed by atoms with van der Waals surface area (Å²) in [6.45, 7) is 4.51. The standard InChI is InChI=1S/C16H21Br/c1-10(2)11-6-8-12(9-7-11)16(17)15-13-4-3-5-14(13)15/h6-10,13-16H,3-5H2,1-2H3. The van der Waals surface area contributed by atoms with Crippen molar-refractivity contribution in [3.63, 3.8) is 0 Å². The Morgan fingerprint density at radius 2 is 1.53 bits per heavy atom. The lowest BCUT2D eigenvalue weighted by atomic mass is 9.98. The molecule has 1 heteroatoms. The Bertz CT molecular complexity index is 382. The molecule has 0 bridgehead atoms. The summed E-state index contributed by atoms with van der Waals surface area (Å²) in [4.78, 5) is 0.596. The Labute approximate surface area is 113 Å². The van der Waals surface area contributed by atoms with Gasteiger partial charge in [0, 0.05) is 4.83 Å². The monoisotopic (exact) mass is 292 g/mol. The summed E-state index contributed by atoms with van der Waals surface area (Å²) >= 11 is 3.93. The van der Waals surface area contributed by atoms with Crippen molar-refractivity contribution in [2.24, 2.45) is 17.8 Å². The average Bonchev–Trinajstić information content (AvgIpc) is 2.81. The maximum atomic E-state index is 3.93. The van der Waals surface area contributed by atoms with Crippen molar-refractivity contribution >= 4 is 15.9 Å². The first-order chi connectivity index (χ1) is 8.18. The van der Waals surface area contributed by atoms with Gasteiger partial charge in [0.2, 0.25) is 0 Å². The molecular formula is C16H21Br. The molecule has 1 aromatic rings. The highest BCUT2D eigenvalue weighted by Crippen LogP contribution is 2.64. The third kappa shape index (κ3) is 2.07. The Hall–Kier alpha value is -0.300. The second kappa shape index (κ2) is 4.42. The molecule has 3 rings (SSSR count). The molecule has 0 heterocycles. The molecule has 0 aromatic heterocycles. The van der Waals surface area contributed by atoms with Crippen LogP contribution >= 0.6 is 15.9 Å². The fourth-order valence-electron chi connectivity index (χ4n) is 3.60. The molecule has 1 aromatic carbocycles. The number of hydrogen-bond donors (Lipinski definition) is 0. The average molecular weight is 293 g/mol. The van der Waals surface area contributed by atoms with Gasteiger partial charge in [0.05, 0.1) is 0 Å². The second-order valence-electron chi connectivity index (χ2n) is 6.06. The summed E-state index contributed by atoms with van der Waals surface area (Å²) < 4.78 is 0. The molecule has 3 unspecified atom stereocenters. The molecule has 2 saturated carbocycles. The predicted molar refractivity (Wildman–Crippen MR) is 76.5 cm³/mol. The third-order valence-electron chi connectivity index (χ3n) is 4.73. The molecule has 0 spiro atoms. The van der Waals surface area contributed by atoms with E-state index in [0.717, 1.165) is 17.8 Å². The first kappa shape index (κ1) is 11.8. The van der Waals surface area contributed by atoms with Gasteiger partial charge in [-0.2, -0.15) is 0 Å². The van der Waals surface area contributed by atoms with Crippen LogP contribution < -0.4 is 0 Å². The van der Waals surface area contributed by atoms with Gasteiger partial charge in [-0.15, -0.1) is 0 Å². The molecule has 0 aliphatic heterocycles. The van der Waals surface area contributed by atoms with Crippen LogP contribution in [0.25, 0.3) is 0 Å². The van der Waals surface area contributed by atoms with E-state index in [1.807, 2.05) is 0 Å². The van der Waals surface area contributed by atoms with Crippen LogP contribution in [0.5, 0.6) is 0 Å². The van der Waals surface area contributed by atoms with E-state index in [1.165, 1.54) is 30.4 Å². The lowest BCUT2D eigenvalue weighted by molar-refractivity contribution is 0.583. The van der Waals surface area contributed by atoms with E-state index in [2.05, 4.69) is 54.0 Å². The molecule has 0 amide bonds. The van der Waals surface area contributed by atoms with Crippen LogP contribution in [-0.4, -0.2) is 0 Å². The molecule has 0 N–H and O–H groups in total. The van der Waals surface area contributed by atoms with Crippen molar-refractivity contribution in [2.75, 3.05) is 0 Å². The van der Waals surface area contributed by atoms with Crippen LogP contribution in [0, 0.1) is 17.8 Å². The molecule has 0 nitrogen and oxygen atoms in total. The minimum atomic E-state index is 0.596. The van der Waals surface area contributed by atoms with Crippen LogP contribution in [0.15, 0.2) is 24.3 Å². The highest BCUT2D eigenvalue weighted by atomic mass is 79.9. The number of fused-ring (bicyclic) bond motifs is 1. The molecule has 17 heavy (non-hydrogen) atoms. The summed E-state index contributed by atoms with van der Waals surface area (Å²) in [5.41, 5.74) is 2.93. The quantitative estimate of drug-likeness (QED) is 0.664. The Kier molecular flexibility index (Phi) is 3.06. The lowest BCUT2D eigenvalue weighted by Gasteiger charge is -2.13. The summed E-state index contributed by atoms with van der Waals surface area (Å²) in [5.74, 6) is 3.63. The fraction of sp³-hybridized carbons (Fsp3) is 0.625. The zero-order valence-corrected chi connectivity index (χ0v) is 12.3. The number of alkyl halides is 1. The first-order valence-corrected chi connectivity index (χ1v) is 7.84. The highest BCUT2D eigenvalue weighted by Gasteiger charge is 2.55. The molecule has 0 radical (unpaired) electrons. The van der Waals surface area contributed by atoms with E-state index in [1.54, 1.807) is 0 Å². The van der Waals surface area contributed by atoms with Gasteiger partial charge in [0.15, 0.2) is 0 Å². The van der Waals surface area contributed by atoms with Crippen molar-refractivity contribution in [3.05, 3.63) is 35.4 Å². The Balaban J connectivity index is 1.72. The van der Waals surface area contributed by atoms with Gasteiger partial charge >= 0.3 is 0 Å². The molecule has 0 saturated heterocycles. The van der Waals surface area contributed by atoms with Gasteiger partial charge < -0.3 is 0 Å². The van der Waals surface area contributed by atoms with Crippen molar-refractivity contribution < 1.29 is 0 Å². The van der Waals surface area contributed by atoms with E-state index >= 15 is 0 Å². The van der Waals surface area contributed by atoms with Crippen molar-refractivity contribution in [2.45, 2.75) is 43.9 Å². The van der Waals surface area contributed by atoms with Gasteiger partial charge in [-0.3, -0.25) is 0 Å². The first-order valence-electron chi connectivity index (χ1n) is 6.92. The fourth-order valence-corrected chi connectivity index (χ4v) is 4.69. The largest absolute Gasteiger partial charge is 0.0836 e. The lowest BCUT2D eigenvalue weighted by Crippen LogP contribution is -1.98. The molecule has 3 atom stereocenters. The van der Waals surface area contributed by atoms with E-state index in [4.69, 9.17) is 0 Å². The predicted octanol–water partition coefficient (Wildman–Crippen LogP) is 5.29. The van der Waals surface area contributed by atoms with E-state index in [9.17, 15) is 0 Å². The Morgan fingerprint density at radius 1 is 1.00 bits per heavy atom. The van der Waals surface area contributed by atoms with Crippen LogP contribution in [0.3, 0.4) is 0 Å². The third-order valence-corrected chi connectivity index (χ3v) is 5.87. The maximum Gasteiger partial charge on any atom is 0.0429 e. The minimum Gasteiger partial charge on any atom is -0.0836 e. The van der Waals surface area contributed by atoms with Gasteiger partial charge in [-0.05, 0) is 47.6 Å². The smallest absolute Gasteiger partial charge is 0.0429 e. The van der Waals surface area contributed by atoms with Gasteiger partial charge in [-0.1, -0.05) is 60.5 Å². The van der Waals surface area contributed by atoms with Crippen LogP contribution in [0.4, 0.5) is 0 Å². The molecule has 2 fully saturated rings. The summed E-state index contributed by atoms with van der Waals surface area (Å²) in [6, 6.07) is 9.24. The van der Waals surface area contributed by atoms with Crippen LogP contribution in [0.2, 0.25) is 0 Å². The minimum absolute atomic E-state index is 0.596. The van der Waals surface area contributed by atoms with Crippen LogP contribution in [0.1, 0.15) is 55.0 Å². The van der Waals surface area contributed by atoms with Gasteiger partial charge in [0.1, 0.15) is 0 Å². The topological polar surface area (TPSA) is 0 Å². The number of halogens is 1. The SMILES string of the molecule is CC(C)c1ccc(C(Br)C2C3CCCC32)cc1. The molecule has 2 aliphatic rings. The summed E-state index contributed by atoms with van der Waals surface area (Å²) in [6.07, 6.45) is 4.42. The van der Waals surface area contributed by atoms with Crippen molar-refractivity contribution in [1.29, 1.82) is 0 Å². The zero-order valence-electron chi connectivity index (χ0n) is 10.7. The second-order valence-corrected chi connectivity index (χ2v) is 7.05. The molecule has 2 aliphatic carbocycles. The van der Waals surface area contributed by atoms with Crippen molar-refractivity contribution in [1.82, 2.24) is 0 Å². The molecule has 92 valence electrons. The van der Waals surface area contributed by atoms with Crippen LogP contribution in [-0.2, 0) is 0 Å². The zero-order chi connectivity index (χ0) is 12.0. The Morgan fingerprint density at radius 3 is 2.06 bits per heavy atom. The van der Waals surface area contributed by atoms with E-state index < -0.39 is 0 Å². The van der Waals surface area contributed by atoms with E-state index in [-0.39, 0.29) is 0 Å². The molecular weight excluding hydrogens is 272 g/mol. The van der Waals surface area contributed by atoms with Crippen molar-refractivity contribution in [3.8, 4) is 0 Å².